The van der Waals surface area contributed by atoms with Gasteiger partial charge in [0.05, 0.1) is 17.6 Å². The van der Waals surface area contributed by atoms with Crippen molar-refractivity contribution in [3.8, 4) is 17.1 Å². The van der Waals surface area contributed by atoms with Gasteiger partial charge in [0, 0.05) is 24.8 Å². The lowest BCUT2D eigenvalue weighted by Gasteiger charge is -2.21. The van der Waals surface area contributed by atoms with Gasteiger partial charge in [0.1, 0.15) is 17.1 Å². The molecule has 2 aromatic rings. The summed E-state index contributed by atoms with van der Waals surface area (Å²) in [4.78, 5) is 12.3. The van der Waals surface area contributed by atoms with Gasteiger partial charge in [-0.25, -0.2) is 22.3 Å². The molecule has 0 bridgehead atoms. The minimum Gasteiger partial charge on any atom is -0.474 e. The van der Waals surface area contributed by atoms with Crippen LogP contribution in [0.25, 0.3) is 11.3 Å². The second-order valence-corrected chi connectivity index (χ2v) is 8.12. The molecule has 3 rings (SSSR count). The monoisotopic (exact) mass is 382 g/mol. The molecule has 1 atom stereocenters. The van der Waals surface area contributed by atoms with Crippen molar-refractivity contribution in [2.75, 3.05) is 12.9 Å². The Labute approximate surface area is 150 Å². The second kappa shape index (κ2) is 6.71. The van der Waals surface area contributed by atoms with Crippen LogP contribution in [0.3, 0.4) is 0 Å². The van der Waals surface area contributed by atoms with Crippen LogP contribution < -0.4 is 4.74 Å². The molecule has 7 nitrogen and oxygen atoms in total. The maximum absolute atomic E-state index is 14.6. The van der Waals surface area contributed by atoms with Gasteiger partial charge in [-0.1, -0.05) is 0 Å². The predicted molar refractivity (Wildman–Crippen MR) is 91.4 cm³/mol. The molecule has 1 aromatic carbocycles. The first-order valence-electron chi connectivity index (χ1n) is 8.17. The van der Waals surface area contributed by atoms with Crippen molar-refractivity contribution in [1.82, 2.24) is 9.78 Å². The van der Waals surface area contributed by atoms with E-state index in [0.717, 1.165) is 12.3 Å². The summed E-state index contributed by atoms with van der Waals surface area (Å²) in [5, 5.41) is 4.31. The Kier molecular flexibility index (Phi) is 4.74. The van der Waals surface area contributed by atoms with E-state index < -0.39 is 21.6 Å². The number of carbonyl (C=O) groups excluding carboxylic acids is 1. The van der Waals surface area contributed by atoms with Gasteiger partial charge >= 0.3 is 5.97 Å². The molecule has 2 heterocycles. The van der Waals surface area contributed by atoms with Gasteiger partial charge in [0.25, 0.3) is 0 Å². The SMILES string of the molecule is CCOC(=O)c1c(-c2ccc(S(C)(=O)=O)cc2F)nn2c1O[C@H](C)CC2. The van der Waals surface area contributed by atoms with Crippen LogP contribution in [0, 0.1) is 5.82 Å². The standard InChI is InChI=1S/C17H19FN2O5S/c1-4-24-17(21)14-15(19-20-8-7-10(2)25-16(14)20)12-6-5-11(9-13(12)18)26(3,22)23/h5-6,9-10H,4,7-8H2,1-3H3/t10-/m1/s1. The van der Waals surface area contributed by atoms with Crippen molar-refractivity contribution in [2.45, 2.75) is 37.8 Å². The molecule has 140 valence electrons. The van der Waals surface area contributed by atoms with Crippen molar-refractivity contribution < 1.29 is 27.1 Å². The number of aryl methyl sites for hydroxylation is 1. The molecule has 0 amide bonds. The fourth-order valence-corrected chi connectivity index (χ4v) is 3.40. The van der Waals surface area contributed by atoms with Crippen LogP contribution in [-0.2, 0) is 21.1 Å². The molecule has 0 saturated carbocycles. The number of esters is 1. The van der Waals surface area contributed by atoms with Crippen molar-refractivity contribution in [1.29, 1.82) is 0 Å². The molecule has 1 aliphatic rings. The largest absolute Gasteiger partial charge is 0.474 e. The third kappa shape index (κ3) is 3.31. The van der Waals surface area contributed by atoms with E-state index in [1.54, 1.807) is 6.92 Å². The molecule has 0 unspecified atom stereocenters. The molecule has 0 fully saturated rings. The number of carbonyl (C=O) groups is 1. The maximum Gasteiger partial charge on any atom is 0.345 e. The molecule has 0 spiro atoms. The summed E-state index contributed by atoms with van der Waals surface area (Å²) in [5.74, 6) is -1.21. The number of halogens is 1. The Bertz CT molecular complexity index is 968. The van der Waals surface area contributed by atoms with E-state index in [-0.39, 0.29) is 40.3 Å². The van der Waals surface area contributed by atoms with Crippen molar-refractivity contribution in [3.63, 3.8) is 0 Å². The number of nitrogens with zero attached hydrogens (tertiary/aromatic N) is 2. The Morgan fingerprint density at radius 2 is 2.19 bits per heavy atom. The van der Waals surface area contributed by atoms with Crippen LogP contribution in [0.4, 0.5) is 4.39 Å². The van der Waals surface area contributed by atoms with Gasteiger partial charge in [0.2, 0.25) is 5.88 Å². The van der Waals surface area contributed by atoms with E-state index >= 15 is 0 Å². The Morgan fingerprint density at radius 3 is 2.81 bits per heavy atom. The summed E-state index contributed by atoms with van der Waals surface area (Å²) in [6.07, 6.45) is 1.58. The van der Waals surface area contributed by atoms with Crippen molar-refractivity contribution >= 4 is 15.8 Å². The zero-order valence-corrected chi connectivity index (χ0v) is 15.5. The Morgan fingerprint density at radius 1 is 1.46 bits per heavy atom. The Hall–Kier alpha value is -2.42. The van der Waals surface area contributed by atoms with Gasteiger partial charge in [0.15, 0.2) is 9.84 Å². The molecule has 1 aliphatic heterocycles. The molecular formula is C17H19FN2O5S. The number of sulfone groups is 1. The molecule has 9 heteroatoms. The van der Waals surface area contributed by atoms with Crippen LogP contribution in [-0.4, -0.2) is 43.1 Å². The molecular weight excluding hydrogens is 363 g/mol. The summed E-state index contributed by atoms with van der Waals surface area (Å²) < 4.78 is 50.2. The van der Waals surface area contributed by atoms with E-state index in [2.05, 4.69) is 5.10 Å². The third-order valence-electron chi connectivity index (χ3n) is 4.07. The van der Waals surface area contributed by atoms with E-state index in [0.29, 0.717) is 13.0 Å². The minimum absolute atomic E-state index is 0.0126. The van der Waals surface area contributed by atoms with Gasteiger partial charge in [-0.3, -0.25) is 0 Å². The van der Waals surface area contributed by atoms with E-state index in [1.807, 2.05) is 6.92 Å². The first kappa shape index (κ1) is 18.4. The van der Waals surface area contributed by atoms with Gasteiger partial charge in [-0.05, 0) is 32.0 Å². The number of rotatable bonds is 4. The molecule has 0 saturated heterocycles. The quantitative estimate of drug-likeness (QED) is 0.755. The fourth-order valence-electron chi connectivity index (χ4n) is 2.77. The molecule has 0 aliphatic carbocycles. The zero-order valence-electron chi connectivity index (χ0n) is 14.7. The minimum atomic E-state index is -3.55. The highest BCUT2D eigenvalue weighted by Crippen LogP contribution is 2.36. The summed E-state index contributed by atoms with van der Waals surface area (Å²) >= 11 is 0. The van der Waals surface area contributed by atoms with Crippen molar-refractivity contribution in [2.24, 2.45) is 0 Å². The Balaban J connectivity index is 2.17. The first-order valence-corrected chi connectivity index (χ1v) is 10.1. The van der Waals surface area contributed by atoms with Gasteiger partial charge < -0.3 is 9.47 Å². The summed E-state index contributed by atoms with van der Waals surface area (Å²) in [6.45, 7) is 4.20. The number of benzene rings is 1. The highest BCUT2D eigenvalue weighted by atomic mass is 32.2. The number of ether oxygens (including phenoxy) is 2. The number of hydrogen-bond donors (Lipinski definition) is 0. The molecule has 0 N–H and O–H groups in total. The smallest absolute Gasteiger partial charge is 0.345 e. The zero-order chi connectivity index (χ0) is 19.1. The lowest BCUT2D eigenvalue weighted by molar-refractivity contribution is 0.0515. The van der Waals surface area contributed by atoms with Crippen molar-refractivity contribution in [3.05, 3.63) is 29.6 Å². The van der Waals surface area contributed by atoms with Crippen LogP contribution >= 0.6 is 0 Å². The first-order chi connectivity index (χ1) is 12.2. The predicted octanol–water partition coefficient (Wildman–Crippen LogP) is 2.44. The second-order valence-electron chi connectivity index (χ2n) is 6.10. The average molecular weight is 382 g/mol. The van der Waals surface area contributed by atoms with Crippen LogP contribution in [0.1, 0.15) is 30.6 Å². The van der Waals surface area contributed by atoms with Gasteiger partial charge in [-0.15, -0.1) is 0 Å². The highest BCUT2D eigenvalue weighted by molar-refractivity contribution is 7.90. The number of hydrogen-bond acceptors (Lipinski definition) is 6. The maximum atomic E-state index is 14.6. The molecule has 26 heavy (non-hydrogen) atoms. The fraction of sp³-hybridized carbons (Fsp3) is 0.412. The van der Waals surface area contributed by atoms with E-state index in [4.69, 9.17) is 9.47 Å². The molecule has 0 radical (unpaired) electrons. The topological polar surface area (TPSA) is 87.5 Å². The van der Waals surface area contributed by atoms with Crippen LogP contribution in [0.2, 0.25) is 0 Å². The normalized spacial score (nSPS) is 16.7. The van der Waals surface area contributed by atoms with Gasteiger partial charge in [-0.2, -0.15) is 5.10 Å². The van der Waals surface area contributed by atoms with Crippen LogP contribution in [0.15, 0.2) is 23.1 Å². The average Bonchev–Trinajstić information content (AvgIpc) is 2.92. The molecule has 1 aromatic heterocycles. The van der Waals surface area contributed by atoms with E-state index in [1.165, 1.54) is 16.8 Å². The highest BCUT2D eigenvalue weighted by Gasteiger charge is 2.32. The van der Waals surface area contributed by atoms with E-state index in [9.17, 15) is 17.6 Å². The summed E-state index contributed by atoms with van der Waals surface area (Å²) in [5.41, 5.74) is 0.133. The summed E-state index contributed by atoms with van der Waals surface area (Å²) in [6, 6.07) is 3.50. The summed E-state index contributed by atoms with van der Waals surface area (Å²) in [7, 11) is -3.55. The lowest BCUT2D eigenvalue weighted by atomic mass is 10.1. The third-order valence-corrected chi connectivity index (χ3v) is 5.18. The lowest BCUT2D eigenvalue weighted by Crippen LogP contribution is -2.24. The van der Waals surface area contributed by atoms with Crippen LogP contribution in [0.5, 0.6) is 5.88 Å². The number of fused-ring (bicyclic) bond motifs is 1. The number of aromatic nitrogens is 2.